The van der Waals surface area contributed by atoms with E-state index in [1.807, 2.05) is 0 Å². The van der Waals surface area contributed by atoms with Crippen LogP contribution in [-0.4, -0.2) is 18.8 Å². The molecule has 1 nitrogen and oxygen atoms in total. The van der Waals surface area contributed by atoms with Crippen molar-refractivity contribution >= 4 is 0 Å². The zero-order valence-electron chi connectivity index (χ0n) is 5.71. The summed E-state index contributed by atoms with van der Waals surface area (Å²) in [6, 6.07) is 0. The molecule has 0 atom stereocenters. The minimum Gasteiger partial charge on any atom is -0.316 e. The summed E-state index contributed by atoms with van der Waals surface area (Å²) in [5.41, 5.74) is -0.439. The molecule has 0 aromatic carbocycles. The molecule has 0 bridgehead atoms. The summed E-state index contributed by atoms with van der Waals surface area (Å²) in [5.74, 6) is 0. The Balaban J connectivity index is 1.96. The van der Waals surface area contributed by atoms with Crippen LogP contribution in [-0.2, 0) is 0 Å². The van der Waals surface area contributed by atoms with Gasteiger partial charge in [0.05, 0.1) is 0 Å². The third-order valence-electron chi connectivity index (χ3n) is 2.49. The fourth-order valence-electron chi connectivity index (χ4n) is 2.24. The molecule has 2 rings (SSSR count). The molecule has 0 unspecified atom stereocenters. The predicted molar refractivity (Wildman–Crippen MR) is 34.0 cm³/mol. The van der Waals surface area contributed by atoms with Crippen LogP contribution in [0, 0.1) is 5.41 Å². The summed E-state index contributed by atoms with van der Waals surface area (Å²) in [5, 5.41) is 3.18. The van der Waals surface area contributed by atoms with Gasteiger partial charge in [-0.25, -0.2) is 4.39 Å². The van der Waals surface area contributed by atoms with Crippen molar-refractivity contribution in [2.45, 2.75) is 25.4 Å². The Morgan fingerprint density at radius 3 is 2.00 bits per heavy atom. The molecule has 2 heteroatoms. The minimum absolute atomic E-state index is 0.392. The minimum atomic E-state index is -0.831. The van der Waals surface area contributed by atoms with E-state index in [-0.39, 0.29) is 0 Å². The van der Waals surface area contributed by atoms with Crippen LogP contribution >= 0.6 is 0 Å². The second-order valence-electron chi connectivity index (χ2n) is 3.87. The summed E-state index contributed by atoms with van der Waals surface area (Å²) in [6.45, 7) is 3.80. The van der Waals surface area contributed by atoms with Gasteiger partial charge in [-0.15, -0.1) is 0 Å². The Morgan fingerprint density at radius 1 is 1.33 bits per heavy atom. The number of hydrogen-bond donors (Lipinski definition) is 1. The molecule has 2 aliphatic rings. The van der Waals surface area contributed by atoms with Crippen molar-refractivity contribution in [1.82, 2.24) is 5.32 Å². The molecule has 0 radical (unpaired) electrons. The van der Waals surface area contributed by atoms with E-state index in [1.54, 1.807) is 6.92 Å². The van der Waals surface area contributed by atoms with E-state index < -0.39 is 5.67 Å². The van der Waals surface area contributed by atoms with Crippen molar-refractivity contribution in [1.29, 1.82) is 0 Å². The Labute approximate surface area is 54.6 Å². The normalized spacial score (nSPS) is 35.3. The second kappa shape index (κ2) is 1.31. The first-order valence-corrected chi connectivity index (χ1v) is 3.52. The molecule has 1 spiro atoms. The van der Waals surface area contributed by atoms with Crippen molar-refractivity contribution < 1.29 is 4.39 Å². The van der Waals surface area contributed by atoms with Crippen LogP contribution in [0.3, 0.4) is 0 Å². The van der Waals surface area contributed by atoms with Crippen molar-refractivity contribution in [3.63, 3.8) is 0 Å². The molecule has 2 fully saturated rings. The maximum Gasteiger partial charge on any atom is 0.109 e. The van der Waals surface area contributed by atoms with E-state index in [2.05, 4.69) is 5.32 Å². The zero-order chi connectivity index (χ0) is 6.54. The molecule has 52 valence electrons. The molecule has 9 heavy (non-hydrogen) atoms. The van der Waals surface area contributed by atoms with Crippen LogP contribution in [0.15, 0.2) is 0 Å². The molecule has 1 saturated heterocycles. The van der Waals surface area contributed by atoms with Gasteiger partial charge in [-0.1, -0.05) is 0 Å². The van der Waals surface area contributed by atoms with Crippen LogP contribution < -0.4 is 5.32 Å². The first kappa shape index (κ1) is 5.66. The largest absolute Gasteiger partial charge is 0.316 e. The summed E-state index contributed by atoms with van der Waals surface area (Å²) in [7, 11) is 0. The summed E-state index contributed by atoms with van der Waals surface area (Å²) < 4.78 is 12.9. The lowest BCUT2D eigenvalue weighted by Gasteiger charge is -2.56. The topological polar surface area (TPSA) is 12.0 Å². The highest BCUT2D eigenvalue weighted by molar-refractivity contribution is 5.08. The van der Waals surface area contributed by atoms with Crippen LogP contribution in [0.2, 0.25) is 0 Å². The van der Waals surface area contributed by atoms with E-state index in [0.29, 0.717) is 5.41 Å². The van der Waals surface area contributed by atoms with E-state index in [4.69, 9.17) is 0 Å². The lowest BCUT2D eigenvalue weighted by molar-refractivity contribution is -0.0852. The average molecular weight is 129 g/mol. The van der Waals surface area contributed by atoms with Crippen molar-refractivity contribution in [2.24, 2.45) is 5.41 Å². The third kappa shape index (κ3) is 0.692. The fourth-order valence-corrected chi connectivity index (χ4v) is 2.24. The molecule has 1 aliphatic carbocycles. The summed E-state index contributed by atoms with van der Waals surface area (Å²) in [6.07, 6.45) is 1.57. The highest BCUT2D eigenvalue weighted by atomic mass is 19.1. The zero-order valence-corrected chi connectivity index (χ0v) is 5.71. The average Bonchev–Trinajstić information content (AvgIpc) is 1.54. The molecule has 0 aromatic heterocycles. The van der Waals surface area contributed by atoms with Gasteiger partial charge in [-0.2, -0.15) is 0 Å². The van der Waals surface area contributed by atoms with Crippen LogP contribution in [0.5, 0.6) is 0 Å². The van der Waals surface area contributed by atoms with E-state index in [9.17, 15) is 4.39 Å². The maximum atomic E-state index is 12.9. The molecule has 1 heterocycles. The summed E-state index contributed by atoms with van der Waals surface area (Å²) in [4.78, 5) is 0. The van der Waals surface area contributed by atoms with Crippen LogP contribution in [0.1, 0.15) is 19.8 Å². The van der Waals surface area contributed by atoms with Gasteiger partial charge in [0.25, 0.3) is 0 Å². The van der Waals surface area contributed by atoms with Gasteiger partial charge in [-0.3, -0.25) is 0 Å². The molecule has 0 amide bonds. The van der Waals surface area contributed by atoms with Crippen LogP contribution in [0.4, 0.5) is 4.39 Å². The summed E-state index contributed by atoms with van der Waals surface area (Å²) >= 11 is 0. The number of hydrogen-bond acceptors (Lipinski definition) is 1. The standard InChI is InChI=1S/C7H12FN/c1-6(8)2-7(3-6)4-9-5-7/h9H,2-5H2,1H3. The van der Waals surface area contributed by atoms with Gasteiger partial charge in [-0.05, 0) is 19.8 Å². The smallest absolute Gasteiger partial charge is 0.109 e. The quantitative estimate of drug-likeness (QED) is 0.516. The van der Waals surface area contributed by atoms with Crippen molar-refractivity contribution in [2.75, 3.05) is 13.1 Å². The second-order valence-corrected chi connectivity index (χ2v) is 3.87. The maximum absolute atomic E-state index is 12.9. The Kier molecular flexibility index (Phi) is 0.825. The SMILES string of the molecule is CC1(F)CC2(CNC2)C1. The van der Waals surface area contributed by atoms with Gasteiger partial charge >= 0.3 is 0 Å². The van der Waals surface area contributed by atoms with Crippen LogP contribution in [0.25, 0.3) is 0 Å². The number of nitrogens with one attached hydrogen (secondary N) is 1. The van der Waals surface area contributed by atoms with E-state index >= 15 is 0 Å². The Bertz CT molecular complexity index is 128. The van der Waals surface area contributed by atoms with Crippen molar-refractivity contribution in [3.05, 3.63) is 0 Å². The number of alkyl halides is 1. The van der Waals surface area contributed by atoms with Gasteiger partial charge in [0.1, 0.15) is 5.67 Å². The number of halogens is 1. The van der Waals surface area contributed by atoms with Gasteiger partial charge < -0.3 is 5.32 Å². The fraction of sp³-hybridized carbons (Fsp3) is 1.00. The molecular formula is C7H12FN. The molecule has 1 aliphatic heterocycles. The number of rotatable bonds is 0. The Hall–Kier alpha value is -0.110. The highest BCUT2D eigenvalue weighted by Crippen LogP contribution is 2.52. The lowest BCUT2D eigenvalue weighted by Crippen LogP contribution is -2.64. The molecule has 1 N–H and O–H groups in total. The molecular weight excluding hydrogens is 117 g/mol. The predicted octanol–water partition coefficient (Wildman–Crippen LogP) is 1.10. The third-order valence-corrected chi connectivity index (χ3v) is 2.49. The Morgan fingerprint density at radius 2 is 1.89 bits per heavy atom. The first-order chi connectivity index (χ1) is 4.12. The van der Waals surface area contributed by atoms with E-state index in [1.165, 1.54) is 0 Å². The highest BCUT2D eigenvalue weighted by Gasteiger charge is 2.55. The molecule has 0 aromatic rings. The van der Waals surface area contributed by atoms with Gasteiger partial charge in [0.15, 0.2) is 0 Å². The van der Waals surface area contributed by atoms with E-state index in [0.717, 1.165) is 25.9 Å². The lowest BCUT2D eigenvalue weighted by atomic mass is 9.57. The first-order valence-electron chi connectivity index (χ1n) is 3.52. The van der Waals surface area contributed by atoms with Crippen molar-refractivity contribution in [3.8, 4) is 0 Å². The molecule has 1 saturated carbocycles. The van der Waals surface area contributed by atoms with Gasteiger partial charge in [0, 0.05) is 18.5 Å². The van der Waals surface area contributed by atoms with Gasteiger partial charge in [0.2, 0.25) is 0 Å². The monoisotopic (exact) mass is 129 g/mol.